The molecule has 0 N–H and O–H groups in total. The van der Waals surface area contributed by atoms with Gasteiger partial charge in [0.1, 0.15) is 22.9 Å². The first-order valence-corrected chi connectivity index (χ1v) is 11.2. The number of alkyl halides is 6. The quantitative estimate of drug-likeness (QED) is 0.229. The molecule has 0 amide bonds. The van der Waals surface area contributed by atoms with Gasteiger partial charge in [0.05, 0.1) is 11.2 Å². The summed E-state index contributed by atoms with van der Waals surface area (Å²) in [6.07, 6.45) is -5.31. The second-order valence-electron chi connectivity index (χ2n) is 8.19. The van der Waals surface area contributed by atoms with Crippen molar-refractivity contribution in [2.24, 2.45) is 0 Å². The highest BCUT2D eigenvalue weighted by atomic mass is 35.5. The van der Waals surface area contributed by atoms with Crippen LogP contribution in [0.1, 0.15) is 31.2 Å². The molecule has 190 valence electrons. The number of fused-ring (bicyclic) bond motifs is 1. The zero-order valence-electron chi connectivity index (χ0n) is 18.3. The summed E-state index contributed by atoms with van der Waals surface area (Å²) in [4.78, 5) is 7.61. The average molecular weight is 531 g/mol. The second-order valence-corrected chi connectivity index (χ2v) is 8.58. The molecule has 36 heavy (non-hydrogen) atoms. The third kappa shape index (κ3) is 4.64. The van der Waals surface area contributed by atoms with Crippen LogP contribution in [0, 0.1) is 0 Å². The highest BCUT2D eigenvalue weighted by Gasteiger charge is 2.37. The number of hydrogen-bond donors (Lipinski definition) is 0. The van der Waals surface area contributed by atoms with E-state index >= 15 is 0 Å². The third-order valence-corrected chi connectivity index (χ3v) is 5.90. The molecule has 1 aliphatic heterocycles. The van der Waals surface area contributed by atoms with Crippen LogP contribution in [-0.2, 0) is 17.5 Å². The Labute approximate surface area is 204 Å². The maximum absolute atomic E-state index is 13.8. The van der Waals surface area contributed by atoms with Crippen LogP contribution in [0.3, 0.4) is 0 Å². The number of rotatable bonds is 4. The predicted octanol–water partition coefficient (Wildman–Crippen LogP) is 6.29. The molecule has 4 aromatic rings. The SMILES string of the molecule is FC(F)(F)Cn1nc(-c2ccnn2C2CCCCO2)c2nc(Cl)cc(-c3cccnc3C(F)(F)F)c21. The van der Waals surface area contributed by atoms with Crippen molar-refractivity contribution in [1.82, 2.24) is 29.5 Å². The Morgan fingerprint density at radius 1 is 1.06 bits per heavy atom. The Bertz CT molecular complexity index is 1410. The van der Waals surface area contributed by atoms with Crippen LogP contribution in [-0.4, -0.2) is 42.3 Å². The Morgan fingerprint density at radius 2 is 1.86 bits per heavy atom. The van der Waals surface area contributed by atoms with Gasteiger partial charge in [-0.15, -0.1) is 0 Å². The van der Waals surface area contributed by atoms with E-state index in [4.69, 9.17) is 16.3 Å². The molecule has 1 saturated heterocycles. The van der Waals surface area contributed by atoms with Gasteiger partial charge in [-0.3, -0.25) is 9.67 Å². The number of pyridine rings is 2. The van der Waals surface area contributed by atoms with Gasteiger partial charge in [-0.2, -0.15) is 36.5 Å². The molecule has 0 saturated carbocycles. The van der Waals surface area contributed by atoms with E-state index in [1.807, 2.05) is 0 Å². The van der Waals surface area contributed by atoms with E-state index in [1.165, 1.54) is 23.0 Å². The normalized spacial score (nSPS) is 17.1. The zero-order valence-corrected chi connectivity index (χ0v) is 19.1. The number of nitrogens with zero attached hydrogens (tertiary/aromatic N) is 6. The monoisotopic (exact) mass is 530 g/mol. The van der Waals surface area contributed by atoms with Gasteiger partial charge in [0.2, 0.25) is 0 Å². The molecular formula is C22H17ClF6N6O. The Hall–Kier alpha value is -3.19. The number of ether oxygens (including phenoxy) is 1. The summed E-state index contributed by atoms with van der Waals surface area (Å²) >= 11 is 6.19. The maximum Gasteiger partial charge on any atom is 0.433 e. The maximum atomic E-state index is 13.8. The lowest BCUT2D eigenvalue weighted by atomic mass is 10.0. The summed E-state index contributed by atoms with van der Waals surface area (Å²) in [6.45, 7) is -1.07. The first-order chi connectivity index (χ1) is 17.0. The van der Waals surface area contributed by atoms with E-state index in [-0.39, 0.29) is 27.4 Å². The van der Waals surface area contributed by atoms with Crippen molar-refractivity contribution < 1.29 is 31.1 Å². The fourth-order valence-corrected chi connectivity index (χ4v) is 4.50. The van der Waals surface area contributed by atoms with Crippen LogP contribution in [0.2, 0.25) is 5.15 Å². The standard InChI is InChI=1S/C22H17ClF6N6O/c23-15-10-13(12-4-3-7-30-20(12)22(27,28)29)19-18(32-15)17(33-34(19)11-21(24,25)26)14-6-8-31-35(14)16-5-1-2-9-36-16/h3-4,6-8,10,16H,1-2,5,9,11H2. The summed E-state index contributed by atoms with van der Waals surface area (Å²) in [7, 11) is 0. The molecule has 7 nitrogen and oxygen atoms in total. The van der Waals surface area contributed by atoms with Gasteiger partial charge in [0, 0.05) is 30.1 Å². The Kier molecular flexibility index (Phi) is 6.15. The van der Waals surface area contributed by atoms with Gasteiger partial charge in [-0.05, 0) is 37.5 Å². The minimum atomic E-state index is -4.87. The van der Waals surface area contributed by atoms with Crippen molar-refractivity contribution in [3.63, 3.8) is 0 Å². The molecule has 1 unspecified atom stereocenters. The van der Waals surface area contributed by atoms with Crippen molar-refractivity contribution in [2.75, 3.05) is 6.61 Å². The highest BCUT2D eigenvalue weighted by Crippen LogP contribution is 2.41. The van der Waals surface area contributed by atoms with E-state index in [2.05, 4.69) is 20.2 Å². The lowest BCUT2D eigenvalue weighted by Crippen LogP contribution is -2.20. The lowest BCUT2D eigenvalue weighted by Gasteiger charge is -2.24. The van der Waals surface area contributed by atoms with Crippen LogP contribution in [0.5, 0.6) is 0 Å². The average Bonchev–Trinajstić information content (AvgIpc) is 3.42. The van der Waals surface area contributed by atoms with Gasteiger partial charge in [-0.1, -0.05) is 17.7 Å². The van der Waals surface area contributed by atoms with Crippen molar-refractivity contribution >= 4 is 22.6 Å². The van der Waals surface area contributed by atoms with E-state index in [9.17, 15) is 26.3 Å². The number of hydrogen-bond acceptors (Lipinski definition) is 5. The molecular weight excluding hydrogens is 514 g/mol. The fraction of sp³-hybridized carbons (Fsp3) is 0.364. The first kappa shape index (κ1) is 24.5. The van der Waals surface area contributed by atoms with Gasteiger partial charge in [0.15, 0.2) is 11.9 Å². The minimum absolute atomic E-state index is 0.0119. The topological polar surface area (TPSA) is 70.7 Å². The van der Waals surface area contributed by atoms with Gasteiger partial charge in [-0.25, -0.2) is 9.67 Å². The second kappa shape index (κ2) is 9.04. The predicted molar refractivity (Wildman–Crippen MR) is 117 cm³/mol. The summed E-state index contributed by atoms with van der Waals surface area (Å²) in [5.74, 6) is 0. The van der Waals surface area contributed by atoms with Gasteiger partial charge in [0.25, 0.3) is 0 Å². The van der Waals surface area contributed by atoms with Crippen LogP contribution >= 0.6 is 11.6 Å². The number of aromatic nitrogens is 6. The highest BCUT2D eigenvalue weighted by molar-refractivity contribution is 6.30. The molecule has 1 aliphatic rings. The lowest BCUT2D eigenvalue weighted by molar-refractivity contribution is -0.142. The fourth-order valence-electron chi connectivity index (χ4n) is 4.31. The largest absolute Gasteiger partial charge is 0.433 e. The molecule has 5 heterocycles. The molecule has 0 aliphatic carbocycles. The molecule has 1 fully saturated rings. The van der Waals surface area contributed by atoms with E-state index < -0.39 is 36.4 Å². The van der Waals surface area contributed by atoms with Crippen LogP contribution in [0.4, 0.5) is 26.3 Å². The molecule has 5 rings (SSSR count). The van der Waals surface area contributed by atoms with E-state index in [0.717, 1.165) is 31.2 Å². The summed E-state index contributed by atoms with van der Waals surface area (Å²) in [5, 5.41) is 8.19. The van der Waals surface area contributed by atoms with Crippen molar-refractivity contribution in [3.8, 4) is 22.5 Å². The third-order valence-electron chi connectivity index (χ3n) is 5.70. The smallest absolute Gasteiger partial charge is 0.356 e. The van der Waals surface area contributed by atoms with Crippen LogP contribution in [0.15, 0.2) is 36.7 Å². The molecule has 1 atom stereocenters. The van der Waals surface area contributed by atoms with Crippen LogP contribution < -0.4 is 0 Å². The van der Waals surface area contributed by atoms with Gasteiger partial charge < -0.3 is 4.74 Å². The van der Waals surface area contributed by atoms with Gasteiger partial charge >= 0.3 is 12.4 Å². The Balaban J connectivity index is 1.79. The van der Waals surface area contributed by atoms with Crippen molar-refractivity contribution in [3.05, 3.63) is 47.5 Å². The van der Waals surface area contributed by atoms with Crippen LogP contribution in [0.25, 0.3) is 33.5 Å². The molecule has 0 spiro atoms. The summed E-state index contributed by atoms with van der Waals surface area (Å²) < 4.78 is 89.7. The van der Waals surface area contributed by atoms with Crippen molar-refractivity contribution in [1.29, 1.82) is 0 Å². The summed E-state index contributed by atoms with van der Waals surface area (Å²) in [5.41, 5.74) is -2.01. The van der Waals surface area contributed by atoms with E-state index in [0.29, 0.717) is 23.4 Å². The number of halogens is 7. The molecule has 4 aromatic heterocycles. The molecule has 0 radical (unpaired) electrons. The van der Waals surface area contributed by atoms with Crippen molar-refractivity contribution in [2.45, 2.75) is 44.4 Å². The molecule has 0 bridgehead atoms. The summed E-state index contributed by atoms with van der Waals surface area (Å²) in [6, 6.07) is 4.98. The first-order valence-electron chi connectivity index (χ1n) is 10.8. The molecule has 14 heteroatoms. The zero-order chi connectivity index (χ0) is 25.7. The van der Waals surface area contributed by atoms with E-state index in [1.54, 1.807) is 0 Å². The Morgan fingerprint density at radius 3 is 2.56 bits per heavy atom. The molecule has 0 aromatic carbocycles. The minimum Gasteiger partial charge on any atom is -0.356 e.